The summed E-state index contributed by atoms with van der Waals surface area (Å²) >= 11 is 13.3. The van der Waals surface area contributed by atoms with Crippen LogP contribution in [-0.2, 0) is 4.79 Å². The van der Waals surface area contributed by atoms with Gasteiger partial charge >= 0.3 is 5.63 Å². The minimum Gasteiger partial charge on any atom is -0.421 e. The number of carbonyl (C=O) groups excluding carboxylic acids is 1. The summed E-state index contributed by atoms with van der Waals surface area (Å²) in [5, 5.41) is 17.8. The Labute approximate surface area is 172 Å². The minimum atomic E-state index is -0.598. The van der Waals surface area contributed by atoms with Crippen molar-refractivity contribution in [2.75, 3.05) is 11.6 Å². The summed E-state index contributed by atoms with van der Waals surface area (Å²) in [5.74, 6) is -0.719. The third-order valence-corrected chi connectivity index (χ3v) is 5.70. The van der Waals surface area contributed by atoms with Crippen LogP contribution in [0.2, 0.25) is 10.0 Å². The molecule has 1 unspecified atom stereocenters. The zero-order valence-electron chi connectivity index (χ0n) is 14.5. The van der Waals surface area contributed by atoms with Gasteiger partial charge < -0.3 is 9.52 Å². The van der Waals surface area contributed by atoms with Gasteiger partial charge in [0.1, 0.15) is 0 Å². The number of amides is 1. The van der Waals surface area contributed by atoms with Crippen LogP contribution in [0.4, 0.5) is 5.13 Å². The predicted octanol–water partition coefficient (Wildman–Crippen LogP) is 3.94. The lowest BCUT2D eigenvalue weighted by molar-refractivity contribution is -0.120. The van der Waals surface area contributed by atoms with Crippen LogP contribution in [0.3, 0.4) is 0 Å². The number of aromatic nitrogens is 1. The van der Waals surface area contributed by atoms with Crippen molar-refractivity contribution in [2.24, 2.45) is 11.0 Å². The Kier molecular flexibility index (Phi) is 4.96. The van der Waals surface area contributed by atoms with Crippen LogP contribution < -0.4 is 10.6 Å². The summed E-state index contributed by atoms with van der Waals surface area (Å²) in [7, 11) is 0. The lowest BCUT2D eigenvalue weighted by atomic mass is 10.0. The Morgan fingerprint density at radius 3 is 2.82 bits per heavy atom. The summed E-state index contributed by atoms with van der Waals surface area (Å²) < 4.78 is 5.34. The lowest BCUT2D eigenvalue weighted by Crippen LogP contribution is -2.27. The first-order valence-corrected chi connectivity index (χ1v) is 9.91. The number of hydrazone groups is 1. The zero-order valence-corrected chi connectivity index (χ0v) is 16.8. The number of hydrogen-bond acceptors (Lipinski definition) is 7. The molecule has 1 aliphatic rings. The van der Waals surface area contributed by atoms with Crippen LogP contribution in [0.1, 0.15) is 13.3 Å². The maximum atomic E-state index is 12.5. The second-order valence-electron chi connectivity index (χ2n) is 6.23. The number of fused-ring (bicyclic) bond motifs is 1. The topological polar surface area (TPSA) is 96.0 Å². The maximum Gasteiger partial charge on any atom is 0.345 e. The van der Waals surface area contributed by atoms with E-state index in [1.165, 1.54) is 22.4 Å². The standard InChI is InChI=1S/C18H13Cl2N3O4S/c1-8-11(2-3-24)16(25)23(22-8)18-21-14(7-28-18)12-5-9-4-10(19)6-13(20)15(9)27-17(12)26/h4-7,11,24H,2-3H2,1H3. The number of hydrogen-bond donors (Lipinski definition) is 1. The number of benzene rings is 1. The van der Waals surface area contributed by atoms with Crippen molar-refractivity contribution in [2.45, 2.75) is 13.3 Å². The van der Waals surface area contributed by atoms with Crippen LogP contribution in [-0.4, -0.2) is 28.3 Å². The zero-order chi connectivity index (χ0) is 20.0. The molecule has 0 saturated heterocycles. The molecule has 0 fully saturated rings. The Balaban J connectivity index is 1.73. The summed E-state index contributed by atoms with van der Waals surface area (Å²) in [4.78, 5) is 29.3. The smallest absolute Gasteiger partial charge is 0.345 e. The molecular formula is C18H13Cl2N3O4S. The van der Waals surface area contributed by atoms with E-state index in [1.807, 2.05) is 0 Å². The first-order valence-electron chi connectivity index (χ1n) is 8.27. The molecule has 1 atom stereocenters. The first kappa shape index (κ1) is 19.1. The average molecular weight is 438 g/mol. The number of anilines is 1. The molecule has 1 aliphatic heterocycles. The van der Waals surface area contributed by atoms with Crippen LogP contribution in [0.25, 0.3) is 22.2 Å². The normalized spacial score (nSPS) is 16.9. The summed E-state index contributed by atoms with van der Waals surface area (Å²) in [6.45, 7) is 1.63. The third-order valence-electron chi connectivity index (χ3n) is 4.39. The Morgan fingerprint density at radius 1 is 1.29 bits per heavy atom. The Hall–Kier alpha value is -2.26. The molecule has 7 nitrogen and oxygen atoms in total. The van der Waals surface area contributed by atoms with Crippen molar-refractivity contribution >= 4 is 62.3 Å². The molecule has 1 amide bonds. The van der Waals surface area contributed by atoms with Gasteiger partial charge in [0.25, 0.3) is 5.91 Å². The van der Waals surface area contributed by atoms with Crippen molar-refractivity contribution in [3.8, 4) is 11.3 Å². The van der Waals surface area contributed by atoms with Gasteiger partial charge in [-0.1, -0.05) is 23.2 Å². The third kappa shape index (κ3) is 3.22. The minimum absolute atomic E-state index is 0.108. The summed E-state index contributed by atoms with van der Waals surface area (Å²) in [6.07, 6.45) is 0.304. The van der Waals surface area contributed by atoms with Gasteiger partial charge in [-0.05, 0) is 31.5 Å². The largest absolute Gasteiger partial charge is 0.421 e. The molecule has 2 aromatic heterocycles. The molecule has 28 heavy (non-hydrogen) atoms. The molecule has 10 heteroatoms. The molecule has 0 saturated carbocycles. The van der Waals surface area contributed by atoms with Crippen LogP contribution in [0.15, 0.2) is 37.9 Å². The summed E-state index contributed by atoms with van der Waals surface area (Å²) in [5.41, 5.74) is 0.854. The van der Waals surface area contributed by atoms with Gasteiger partial charge in [0.2, 0.25) is 5.13 Å². The molecule has 0 aliphatic carbocycles. The molecule has 0 bridgehead atoms. The predicted molar refractivity (Wildman–Crippen MR) is 109 cm³/mol. The van der Waals surface area contributed by atoms with Gasteiger partial charge in [-0.25, -0.2) is 9.78 Å². The second-order valence-corrected chi connectivity index (χ2v) is 7.91. The van der Waals surface area contributed by atoms with Gasteiger partial charge in [-0.2, -0.15) is 10.1 Å². The number of halogens is 2. The Morgan fingerprint density at radius 2 is 2.07 bits per heavy atom. The lowest BCUT2D eigenvalue weighted by Gasteiger charge is -2.10. The molecule has 4 rings (SSSR count). The highest BCUT2D eigenvalue weighted by molar-refractivity contribution is 7.14. The molecule has 1 N–H and O–H groups in total. The van der Waals surface area contributed by atoms with Crippen molar-refractivity contribution in [3.05, 3.63) is 44.0 Å². The average Bonchev–Trinajstić information content (AvgIpc) is 3.22. The van der Waals surface area contributed by atoms with Gasteiger partial charge in [0.05, 0.1) is 22.2 Å². The number of carbonyl (C=O) groups is 1. The van der Waals surface area contributed by atoms with Crippen molar-refractivity contribution in [1.29, 1.82) is 0 Å². The van der Waals surface area contributed by atoms with Crippen molar-refractivity contribution < 1.29 is 14.3 Å². The quantitative estimate of drug-likeness (QED) is 0.623. The van der Waals surface area contributed by atoms with E-state index in [0.717, 1.165) is 0 Å². The molecule has 1 aromatic carbocycles. The van der Waals surface area contributed by atoms with Crippen LogP contribution in [0.5, 0.6) is 0 Å². The molecule has 0 radical (unpaired) electrons. The number of aliphatic hydroxyl groups excluding tert-OH is 1. The molecule has 144 valence electrons. The highest BCUT2D eigenvalue weighted by atomic mass is 35.5. The van der Waals surface area contributed by atoms with Crippen molar-refractivity contribution in [1.82, 2.24) is 4.98 Å². The fraction of sp³-hybridized carbons (Fsp3) is 0.222. The van der Waals surface area contributed by atoms with Gasteiger partial charge in [-0.15, -0.1) is 11.3 Å². The van der Waals surface area contributed by atoms with Gasteiger partial charge in [-0.3, -0.25) is 4.79 Å². The number of thiazole rings is 1. The van der Waals surface area contributed by atoms with E-state index in [0.29, 0.717) is 33.4 Å². The van der Waals surface area contributed by atoms with Gasteiger partial charge in [0.15, 0.2) is 5.58 Å². The molecule has 3 aromatic rings. The SMILES string of the molecule is CC1=NN(c2nc(-c3cc4cc(Cl)cc(Cl)c4oc3=O)cs2)C(=O)C1CCO. The number of rotatable bonds is 4. The number of aliphatic hydroxyl groups is 1. The van der Waals surface area contributed by atoms with Crippen molar-refractivity contribution in [3.63, 3.8) is 0 Å². The highest BCUT2D eigenvalue weighted by Gasteiger charge is 2.35. The van der Waals surface area contributed by atoms with E-state index in [-0.39, 0.29) is 28.7 Å². The summed E-state index contributed by atoms with van der Waals surface area (Å²) in [6, 6.07) is 4.74. The monoisotopic (exact) mass is 437 g/mol. The van der Waals surface area contributed by atoms with E-state index in [2.05, 4.69) is 10.1 Å². The van der Waals surface area contributed by atoms with Crippen LogP contribution in [0, 0.1) is 5.92 Å². The fourth-order valence-corrected chi connectivity index (χ4v) is 4.35. The Bertz CT molecular complexity index is 1190. The highest BCUT2D eigenvalue weighted by Crippen LogP contribution is 2.33. The molecular weight excluding hydrogens is 425 g/mol. The van der Waals surface area contributed by atoms with Crippen LogP contribution >= 0.6 is 34.5 Å². The van der Waals surface area contributed by atoms with E-state index >= 15 is 0 Å². The van der Waals surface area contributed by atoms with E-state index in [4.69, 9.17) is 32.7 Å². The van der Waals surface area contributed by atoms with E-state index in [1.54, 1.807) is 24.4 Å². The first-order chi connectivity index (χ1) is 13.4. The second kappa shape index (κ2) is 7.29. The van der Waals surface area contributed by atoms with Gasteiger partial charge in [0, 0.05) is 28.1 Å². The van der Waals surface area contributed by atoms with E-state index in [9.17, 15) is 9.59 Å². The number of nitrogens with zero attached hydrogens (tertiary/aromatic N) is 3. The molecule has 3 heterocycles. The van der Waals surface area contributed by atoms with E-state index < -0.39 is 11.5 Å². The maximum absolute atomic E-state index is 12.5. The molecule has 0 spiro atoms. The fourth-order valence-electron chi connectivity index (χ4n) is 3.02.